The number of nitriles is 1. The molecule has 84 valence electrons. The first-order valence-corrected chi connectivity index (χ1v) is 5.10. The summed E-state index contributed by atoms with van der Waals surface area (Å²) in [5.74, 6) is 0.276. The van der Waals surface area contributed by atoms with E-state index < -0.39 is 5.69 Å². The Morgan fingerprint density at radius 2 is 2.18 bits per heavy atom. The predicted octanol–water partition coefficient (Wildman–Crippen LogP) is 2.04. The van der Waals surface area contributed by atoms with Crippen molar-refractivity contribution in [3.05, 3.63) is 51.5 Å². The first-order valence-electron chi connectivity index (χ1n) is 4.72. The summed E-state index contributed by atoms with van der Waals surface area (Å²) in [6, 6.07) is 10.3. The van der Waals surface area contributed by atoms with Crippen LogP contribution >= 0.6 is 11.6 Å². The molecule has 0 aliphatic rings. The van der Waals surface area contributed by atoms with Crippen molar-refractivity contribution >= 4 is 23.1 Å². The average molecular weight is 247 g/mol. The molecule has 0 fully saturated rings. The molecule has 2 N–H and O–H groups in total. The third-order valence-electron chi connectivity index (χ3n) is 2.00. The highest BCUT2D eigenvalue weighted by Crippen LogP contribution is 2.23. The third-order valence-corrected chi connectivity index (χ3v) is 2.33. The summed E-state index contributed by atoms with van der Waals surface area (Å²) in [7, 11) is 0. The van der Waals surface area contributed by atoms with Gasteiger partial charge in [0.1, 0.15) is 17.6 Å². The van der Waals surface area contributed by atoms with Crippen LogP contribution in [-0.2, 0) is 0 Å². The number of H-pyrrole nitrogens is 1. The fourth-order valence-corrected chi connectivity index (χ4v) is 1.47. The molecule has 0 saturated carbocycles. The average Bonchev–Trinajstić information content (AvgIpc) is 2.31. The molecule has 0 unspecified atom stereocenters. The maximum atomic E-state index is 11.2. The molecule has 17 heavy (non-hydrogen) atoms. The largest absolute Gasteiger partial charge is 0.347 e. The quantitative estimate of drug-likeness (QED) is 0.850. The minimum absolute atomic E-state index is 0.138. The Hall–Kier alpha value is -2.32. The molecule has 0 atom stereocenters. The lowest BCUT2D eigenvalue weighted by Crippen LogP contribution is -2.13. The lowest BCUT2D eigenvalue weighted by Gasteiger charge is -2.06. The lowest BCUT2D eigenvalue weighted by molar-refractivity contribution is 1.06. The highest BCUT2D eigenvalue weighted by Gasteiger charge is 2.03. The molecule has 1 aromatic heterocycles. The van der Waals surface area contributed by atoms with Gasteiger partial charge >= 0.3 is 5.69 Å². The van der Waals surface area contributed by atoms with E-state index in [1.165, 1.54) is 6.07 Å². The standard InChI is InChI=1S/C11H7ClN4O/c12-8-3-1-2-4-9(8)15-10-5-7(6-13)14-11(17)16-10/h1-5H,(H2,14,15,16,17). The van der Waals surface area contributed by atoms with Gasteiger partial charge in [0.05, 0.1) is 10.7 Å². The summed E-state index contributed by atoms with van der Waals surface area (Å²) in [6.07, 6.45) is 0. The van der Waals surface area contributed by atoms with Crippen molar-refractivity contribution in [1.82, 2.24) is 9.97 Å². The van der Waals surface area contributed by atoms with Crippen molar-refractivity contribution in [1.29, 1.82) is 5.26 Å². The molecule has 1 aromatic carbocycles. The van der Waals surface area contributed by atoms with Crippen LogP contribution in [0.5, 0.6) is 0 Å². The molecule has 2 aromatic rings. The van der Waals surface area contributed by atoms with Gasteiger partial charge < -0.3 is 5.32 Å². The number of aromatic nitrogens is 2. The number of para-hydroxylation sites is 1. The highest BCUT2D eigenvalue weighted by atomic mass is 35.5. The van der Waals surface area contributed by atoms with Crippen molar-refractivity contribution < 1.29 is 0 Å². The van der Waals surface area contributed by atoms with Crippen LogP contribution in [0, 0.1) is 11.3 Å². The van der Waals surface area contributed by atoms with E-state index in [0.717, 1.165) is 0 Å². The van der Waals surface area contributed by atoms with Crippen LogP contribution in [0.25, 0.3) is 0 Å². The topological polar surface area (TPSA) is 81.6 Å². The monoisotopic (exact) mass is 246 g/mol. The summed E-state index contributed by atoms with van der Waals surface area (Å²) in [6.45, 7) is 0. The molecule has 0 aliphatic carbocycles. The second-order valence-corrected chi connectivity index (χ2v) is 3.61. The van der Waals surface area contributed by atoms with Gasteiger partial charge in [-0.3, -0.25) is 4.98 Å². The van der Waals surface area contributed by atoms with E-state index in [0.29, 0.717) is 10.7 Å². The van der Waals surface area contributed by atoms with Gasteiger partial charge in [-0.25, -0.2) is 4.79 Å². The van der Waals surface area contributed by atoms with Gasteiger partial charge in [-0.15, -0.1) is 0 Å². The zero-order valence-corrected chi connectivity index (χ0v) is 9.32. The molecular weight excluding hydrogens is 240 g/mol. The molecule has 1 heterocycles. The second kappa shape index (κ2) is 4.68. The molecule has 0 saturated heterocycles. The maximum Gasteiger partial charge on any atom is 0.347 e. The summed E-state index contributed by atoms with van der Waals surface area (Å²) < 4.78 is 0. The smallest absolute Gasteiger partial charge is 0.339 e. The fourth-order valence-electron chi connectivity index (χ4n) is 1.28. The number of nitrogens with zero attached hydrogens (tertiary/aromatic N) is 2. The zero-order chi connectivity index (χ0) is 12.3. The molecule has 0 radical (unpaired) electrons. The van der Waals surface area contributed by atoms with Crippen LogP contribution in [0.15, 0.2) is 35.1 Å². The van der Waals surface area contributed by atoms with Crippen molar-refractivity contribution in [3.63, 3.8) is 0 Å². The number of halogens is 1. The van der Waals surface area contributed by atoms with E-state index in [-0.39, 0.29) is 11.5 Å². The van der Waals surface area contributed by atoms with Crippen LogP contribution in [0.4, 0.5) is 11.5 Å². The minimum Gasteiger partial charge on any atom is -0.339 e. The molecule has 0 spiro atoms. The van der Waals surface area contributed by atoms with Crippen molar-refractivity contribution in [2.75, 3.05) is 5.32 Å². The van der Waals surface area contributed by atoms with Gasteiger partial charge in [0, 0.05) is 6.07 Å². The first-order chi connectivity index (χ1) is 8.19. The van der Waals surface area contributed by atoms with E-state index >= 15 is 0 Å². The van der Waals surface area contributed by atoms with Crippen molar-refractivity contribution in [2.45, 2.75) is 0 Å². The van der Waals surface area contributed by atoms with Gasteiger partial charge in [-0.2, -0.15) is 10.2 Å². The van der Waals surface area contributed by atoms with E-state index in [4.69, 9.17) is 16.9 Å². The Kier molecular flexibility index (Phi) is 3.08. The molecular formula is C11H7ClN4O. The predicted molar refractivity (Wildman–Crippen MR) is 64.3 cm³/mol. The Bertz CT molecular complexity index is 644. The van der Waals surface area contributed by atoms with Gasteiger partial charge in [-0.1, -0.05) is 23.7 Å². The van der Waals surface area contributed by atoms with Gasteiger partial charge in [0.2, 0.25) is 0 Å². The van der Waals surface area contributed by atoms with Crippen molar-refractivity contribution in [3.8, 4) is 6.07 Å². The van der Waals surface area contributed by atoms with Crippen LogP contribution in [0.3, 0.4) is 0 Å². The van der Waals surface area contributed by atoms with E-state index in [1.54, 1.807) is 24.3 Å². The Labute approximate surface area is 102 Å². The van der Waals surface area contributed by atoms with Crippen LogP contribution in [0.2, 0.25) is 5.02 Å². The summed E-state index contributed by atoms with van der Waals surface area (Å²) >= 11 is 5.95. The lowest BCUT2D eigenvalue weighted by atomic mass is 10.3. The normalized spacial score (nSPS) is 9.65. The zero-order valence-electron chi connectivity index (χ0n) is 8.57. The van der Waals surface area contributed by atoms with Gasteiger partial charge in [0.25, 0.3) is 0 Å². The van der Waals surface area contributed by atoms with Crippen molar-refractivity contribution in [2.24, 2.45) is 0 Å². The number of aromatic amines is 1. The summed E-state index contributed by atoms with van der Waals surface area (Å²) in [4.78, 5) is 17.1. The van der Waals surface area contributed by atoms with Gasteiger partial charge in [-0.05, 0) is 12.1 Å². The fraction of sp³-hybridized carbons (Fsp3) is 0. The summed E-state index contributed by atoms with van der Waals surface area (Å²) in [5.41, 5.74) is 0.175. The molecule has 2 rings (SSSR count). The maximum absolute atomic E-state index is 11.2. The number of anilines is 2. The molecule has 0 amide bonds. The molecule has 0 aliphatic heterocycles. The molecule has 6 heteroatoms. The van der Waals surface area contributed by atoms with Crippen LogP contribution in [-0.4, -0.2) is 9.97 Å². The Morgan fingerprint density at radius 1 is 1.41 bits per heavy atom. The van der Waals surface area contributed by atoms with E-state index in [1.807, 2.05) is 6.07 Å². The highest BCUT2D eigenvalue weighted by molar-refractivity contribution is 6.33. The number of hydrogen-bond donors (Lipinski definition) is 2. The third kappa shape index (κ3) is 2.62. The first kappa shape index (κ1) is 11.2. The van der Waals surface area contributed by atoms with E-state index in [9.17, 15) is 4.79 Å². The Balaban J connectivity index is 2.37. The summed E-state index contributed by atoms with van der Waals surface area (Å²) in [5, 5.41) is 12.1. The van der Waals surface area contributed by atoms with Crippen LogP contribution in [0.1, 0.15) is 5.69 Å². The van der Waals surface area contributed by atoms with Crippen LogP contribution < -0.4 is 11.0 Å². The number of benzene rings is 1. The second-order valence-electron chi connectivity index (χ2n) is 3.20. The number of hydrogen-bond acceptors (Lipinski definition) is 4. The van der Waals surface area contributed by atoms with Gasteiger partial charge in [0.15, 0.2) is 0 Å². The SMILES string of the molecule is N#Cc1cc(Nc2ccccc2Cl)nc(=O)[nH]1. The molecule has 0 bridgehead atoms. The number of nitrogens with one attached hydrogen (secondary N) is 2. The van der Waals surface area contributed by atoms with E-state index in [2.05, 4.69) is 15.3 Å². The number of rotatable bonds is 2. The molecule has 5 nitrogen and oxygen atoms in total. The minimum atomic E-state index is -0.585. The Morgan fingerprint density at radius 3 is 2.88 bits per heavy atom.